The van der Waals surface area contributed by atoms with Crippen molar-refractivity contribution in [2.75, 3.05) is 13.1 Å². The van der Waals surface area contributed by atoms with Crippen molar-refractivity contribution >= 4 is 22.5 Å². The minimum Gasteiger partial charge on any atom is -0.327 e. The van der Waals surface area contributed by atoms with E-state index in [1.165, 1.54) is 0 Å². The molecule has 0 amide bonds. The fraction of sp³-hybridized carbons (Fsp3) is 0.429. The van der Waals surface area contributed by atoms with E-state index in [9.17, 15) is 4.79 Å². The zero-order valence-corrected chi connectivity index (χ0v) is 11.9. The number of H-pyrrole nitrogens is 1. The van der Waals surface area contributed by atoms with Crippen molar-refractivity contribution in [3.63, 3.8) is 0 Å². The third kappa shape index (κ3) is 2.85. The molecule has 1 aliphatic rings. The van der Waals surface area contributed by atoms with Crippen LogP contribution >= 0.6 is 11.6 Å². The number of aromatic nitrogens is 2. The fourth-order valence-corrected chi connectivity index (χ4v) is 2.85. The number of rotatable bonds is 2. The van der Waals surface area contributed by atoms with Gasteiger partial charge in [0.05, 0.1) is 17.4 Å². The molecule has 5 nitrogen and oxygen atoms in total. The van der Waals surface area contributed by atoms with Crippen molar-refractivity contribution in [3.05, 3.63) is 39.4 Å². The van der Waals surface area contributed by atoms with Crippen molar-refractivity contribution in [2.45, 2.75) is 25.4 Å². The number of nitrogens with zero attached hydrogens (tertiary/aromatic N) is 2. The summed E-state index contributed by atoms with van der Waals surface area (Å²) in [7, 11) is 0. The highest BCUT2D eigenvalue weighted by molar-refractivity contribution is 6.31. The molecule has 6 heteroatoms. The summed E-state index contributed by atoms with van der Waals surface area (Å²) in [6, 6.07) is 5.38. The van der Waals surface area contributed by atoms with Gasteiger partial charge in [-0.05, 0) is 37.6 Å². The first-order chi connectivity index (χ1) is 9.61. The predicted octanol–water partition coefficient (Wildman–Crippen LogP) is 1.50. The smallest absolute Gasteiger partial charge is 0.258 e. The van der Waals surface area contributed by atoms with Crippen molar-refractivity contribution < 1.29 is 0 Å². The summed E-state index contributed by atoms with van der Waals surface area (Å²) in [5.41, 5.74) is 6.50. The Kier molecular flexibility index (Phi) is 3.74. The molecule has 1 unspecified atom stereocenters. The molecule has 0 bridgehead atoms. The van der Waals surface area contributed by atoms with Crippen LogP contribution in [0.15, 0.2) is 23.0 Å². The molecule has 0 radical (unpaired) electrons. The van der Waals surface area contributed by atoms with Crippen LogP contribution in [0.4, 0.5) is 0 Å². The fourth-order valence-electron chi connectivity index (χ4n) is 2.68. The number of likely N-dealkylation sites (tertiary alicyclic amines) is 1. The van der Waals surface area contributed by atoms with E-state index in [4.69, 9.17) is 17.3 Å². The molecule has 2 heterocycles. The lowest BCUT2D eigenvalue weighted by Crippen LogP contribution is -2.42. The van der Waals surface area contributed by atoms with Gasteiger partial charge < -0.3 is 10.7 Å². The highest BCUT2D eigenvalue weighted by atomic mass is 35.5. The van der Waals surface area contributed by atoms with Crippen LogP contribution < -0.4 is 11.3 Å². The lowest BCUT2D eigenvalue weighted by Gasteiger charge is -2.30. The van der Waals surface area contributed by atoms with E-state index in [0.29, 0.717) is 28.3 Å². The van der Waals surface area contributed by atoms with E-state index in [-0.39, 0.29) is 11.6 Å². The van der Waals surface area contributed by atoms with Crippen LogP contribution in [0.3, 0.4) is 0 Å². The van der Waals surface area contributed by atoms with Gasteiger partial charge in [-0.3, -0.25) is 9.69 Å². The van der Waals surface area contributed by atoms with Gasteiger partial charge in [-0.2, -0.15) is 0 Å². The van der Waals surface area contributed by atoms with E-state index < -0.39 is 0 Å². The molecule has 0 spiro atoms. The SMILES string of the molecule is NC1CCCN(Cc2nc3ccc(Cl)cc3c(=O)[nH]2)C1. The Hall–Kier alpha value is -1.43. The number of benzene rings is 1. The van der Waals surface area contributed by atoms with Gasteiger partial charge in [-0.1, -0.05) is 11.6 Å². The number of aromatic amines is 1. The second-order valence-electron chi connectivity index (χ2n) is 5.31. The molecule has 2 aromatic rings. The molecule has 1 aliphatic heterocycles. The van der Waals surface area contributed by atoms with Gasteiger partial charge in [0, 0.05) is 17.6 Å². The van der Waals surface area contributed by atoms with Gasteiger partial charge in [0.25, 0.3) is 5.56 Å². The molecule has 1 fully saturated rings. The van der Waals surface area contributed by atoms with Crippen molar-refractivity contribution in [3.8, 4) is 0 Å². The molecular weight excluding hydrogens is 276 g/mol. The van der Waals surface area contributed by atoms with Gasteiger partial charge in [0.15, 0.2) is 0 Å². The third-order valence-electron chi connectivity index (χ3n) is 3.63. The van der Waals surface area contributed by atoms with Crippen LogP contribution in [-0.4, -0.2) is 34.0 Å². The molecule has 0 aliphatic carbocycles. The van der Waals surface area contributed by atoms with Gasteiger partial charge in [-0.15, -0.1) is 0 Å². The minimum atomic E-state index is -0.145. The summed E-state index contributed by atoms with van der Waals surface area (Å²) in [6.07, 6.45) is 2.16. The second-order valence-corrected chi connectivity index (χ2v) is 5.75. The molecule has 0 saturated carbocycles. The van der Waals surface area contributed by atoms with E-state index in [0.717, 1.165) is 25.9 Å². The van der Waals surface area contributed by atoms with Crippen LogP contribution in [0.2, 0.25) is 5.02 Å². The van der Waals surface area contributed by atoms with Crippen LogP contribution in [-0.2, 0) is 6.54 Å². The van der Waals surface area contributed by atoms with E-state index in [1.54, 1.807) is 18.2 Å². The maximum Gasteiger partial charge on any atom is 0.258 e. The Balaban J connectivity index is 1.89. The average molecular weight is 293 g/mol. The molecule has 3 rings (SSSR count). The van der Waals surface area contributed by atoms with Gasteiger partial charge in [0.2, 0.25) is 0 Å². The van der Waals surface area contributed by atoms with E-state index in [2.05, 4.69) is 14.9 Å². The van der Waals surface area contributed by atoms with E-state index >= 15 is 0 Å². The van der Waals surface area contributed by atoms with Gasteiger partial charge in [0.1, 0.15) is 5.82 Å². The maximum absolute atomic E-state index is 12.1. The highest BCUT2D eigenvalue weighted by Gasteiger charge is 2.17. The lowest BCUT2D eigenvalue weighted by atomic mass is 10.1. The molecule has 1 atom stereocenters. The number of hydrogen-bond acceptors (Lipinski definition) is 4. The van der Waals surface area contributed by atoms with E-state index in [1.807, 2.05) is 0 Å². The Morgan fingerprint density at radius 3 is 3.15 bits per heavy atom. The Morgan fingerprint density at radius 2 is 2.35 bits per heavy atom. The molecule has 106 valence electrons. The summed E-state index contributed by atoms with van der Waals surface area (Å²) < 4.78 is 0. The topological polar surface area (TPSA) is 75.0 Å². The van der Waals surface area contributed by atoms with Crippen LogP contribution in [0.5, 0.6) is 0 Å². The maximum atomic E-state index is 12.1. The molecule has 1 saturated heterocycles. The average Bonchev–Trinajstić information content (AvgIpc) is 2.40. The summed E-state index contributed by atoms with van der Waals surface area (Å²) in [5.74, 6) is 0.680. The summed E-state index contributed by atoms with van der Waals surface area (Å²) in [5, 5.41) is 1.07. The quantitative estimate of drug-likeness (QED) is 0.879. The van der Waals surface area contributed by atoms with Crippen LogP contribution in [0, 0.1) is 0 Å². The highest BCUT2D eigenvalue weighted by Crippen LogP contribution is 2.15. The normalized spacial score (nSPS) is 20.4. The zero-order valence-electron chi connectivity index (χ0n) is 11.1. The van der Waals surface area contributed by atoms with Crippen LogP contribution in [0.25, 0.3) is 10.9 Å². The first-order valence-electron chi connectivity index (χ1n) is 6.78. The molecule has 3 N–H and O–H groups in total. The standard InChI is InChI=1S/C14H17ClN4O/c15-9-3-4-12-11(6-9)14(20)18-13(17-12)8-19-5-1-2-10(16)7-19/h3-4,6,10H,1-2,5,7-8,16H2,(H,17,18,20). The Bertz CT molecular complexity index is 684. The predicted molar refractivity (Wildman–Crippen MR) is 79.9 cm³/mol. The first kappa shape index (κ1) is 13.5. The number of piperidine rings is 1. The zero-order chi connectivity index (χ0) is 14.1. The third-order valence-corrected chi connectivity index (χ3v) is 3.87. The summed E-state index contributed by atoms with van der Waals surface area (Å²) >= 11 is 5.90. The Morgan fingerprint density at radius 1 is 1.50 bits per heavy atom. The molecular formula is C14H17ClN4O. The number of nitrogens with two attached hydrogens (primary N) is 1. The second kappa shape index (κ2) is 5.52. The number of nitrogens with one attached hydrogen (secondary N) is 1. The first-order valence-corrected chi connectivity index (χ1v) is 7.16. The number of hydrogen-bond donors (Lipinski definition) is 2. The van der Waals surface area contributed by atoms with Crippen molar-refractivity contribution in [1.82, 2.24) is 14.9 Å². The summed E-state index contributed by atoms with van der Waals surface area (Å²) in [6.45, 7) is 2.47. The minimum absolute atomic E-state index is 0.145. The molecule has 1 aromatic carbocycles. The molecule has 20 heavy (non-hydrogen) atoms. The summed E-state index contributed by atoms with van der Waals surface area (Å²) in [4.78, 5) is 21.6. The van der Waals surface area contributed by atoms with Gasteiger partial charge in [-0.25, -0.2) is 4.98 Å². The monoisotopic (exact) mass is 292 g/mol. The lowest BCUT2D eigenvalue weighted by molar-refractivity contribution is 0.197. The van der Waals surface area contributed by atoms with Crippen molar-refractivity contribution in [1.29, 1.82) is 0 Å². The van der Waals surface area contributed by atoms with Crippen LogP contribution in [0.1, 0.15) is 18.7 Å². The van der Waals surface area contributed by atoms with Gasteiger partial charge >= 0.3 is 0 Å². The number of fused-ring (bicyclic) bond motifs is 1. The number of halogens is 1. The Labute approximate surface area is 121 Å². The largest absolute Gasteiger partial charge is 0.327 e. The van der Waals surface area contributed by atoms with Crippen molar-refractivity contribution in [2.24, 2.45) is 5.73 Å². The molecule has 1 aromatic heterocycles.